The van der Waals surface area contributed by atoms with Gasteiger partial charge in [0.2, 0.25) is 0 Å². The molecule has 8 heteroatoms. The van der Waals surface area contributed by atoms with Crippen LogP contribution < -0.4 is 9.47 Å². The van der Waals surface area contributed by atoms with Crippen LogP contribution in [0.5, 0.6) is 11.5 Å². The number of rotatable bonds is 8. The number of benzene rings is 2. The van der Waals surface area contributed by atoms with Gasteiger partial charge in [0.05, 0.1) is 26.5 Å². The van der Waals surface area contributed by atoms with E-state index < -0.39 is 5.25 Å². The second kappa shape index (κ2) is 9.67. The highest BCUT2D eigenvalue weighted by atomic mass is 32.2. The minimum atomic E-state index is -0.426. The highest BCUT2D eigenvalue weighted by molar-refractivity contribution is 8.00. The van der Waals surface area contributed by atoms with Crippen LogP contribution in [0.25, 0.3) is 17.1 Å². The third-order valence-electron chi connectivity index (χ3n) is 4.50. The molecule has 3 aromatic rings. The van der Waals surface area contributed by atoms with Crippen LogP contribution in [0.15, 0.2) is 47.6 Å². The number of nitrogens with zero attached hydrogens (tertiary/aromatic N) is 3. The topological polar surface area (TPSA) is 75.5 Å². The first-order valence-electron chi connectivity index (χ1n) is 9.56. The Hall–Kier alpha value is -3.00. The molecule has 0 fully saturated rings. The smallest absolute Gasteiger partial charge is 0.319 e. The lowest BCUT2D eigenvalue weighted by Crippen LogP contribution is -2.17. The maximum Gasteiger partial charge on any atom is 0.319 e. The molecule has 0 saturated heterocycles. The van der Waals surface area contributed by atoms with E-state index in [-0.39, 0.29) is 5.97 Å². The summed E-state index contributed by atoms with van der Waals surface area (Å²) in [5, 5.41) is 9.00. The normalized spacial score (nSPS) is 11.8. The molecule has 1 heterocycles. The van der Waals surface area contributed by atoms with Crippen molar-refractivity contribution < 1.29 is 19.0 Å². The van der Waals surface area contributed by atoms with Gasteiger partial charge in [-0.1, -0.05) is 30.0 Å². The van der Waals surface area contributed by atoms with Gasteiger partial charge in [-0.2, -0.15) is 0 Å². The molecule has 0 spiro atoms. The SMILES string of the molecule is CCOC(=O)C(C)Sc1nnc(-c2cc(OC)cc(OC)c2)n1-c1ccccc1C. The van der Waals surface area contributed by atoms with Gasteiger partial charge in [-0.3, -0.25) is 9.36 Å². The van der Waals surface area contributed by atoms with Crippen LogP contribution >= 0.6 is 11.8 Å². The van der Waals surface area contributed by atoms with E-state index >= 15 is 0 Å². The van der Waals surface area contributed by atoms with Crippen molar-refractivity contribution >= 4 is 17.7 Å². The van der Waals surface area contributed by atoms with Crippen molar-refractivity contribution in [2.75, 3.05) is 20.8 Å². The standard InChI is InChI=1S/C22H25N3O4S/c1-6-29-21(26)15(3)30-22-24-23-20(25(22)19-10-8-7-9-14(19)2)16-11-17(27-4)13-18(12-16)28-5/h7-13,15H,6H2,1-5H3. The van der Waals surface area contributed by atoms with Crippen LogP contribution in [0.2, 0.25) is 0 Å². The summed E-state index contributed by atoms with van der Waals surface area (Å²) in [5.41, 5.74) is 2.77. The minimum Gasteiger partial charge on any atom is -0.497 e. The number of hydrogen-bond acceptors (Lipinski definition) is 7. The molecule has 1 atom stereocenters. The molecule has 158 valence electrons. The summed E-state index contributed by atoms with van der Waals surface area (Å²) in [7, 11) is 3.21. The monoisotopic (exact) mass is 427 g/mol. The number of aromatic nitrogens is 3. The van der Waals surface area contributed by atoms with E-state index in [4.69, 9.17) is 14.2 Å². The molecule has 0 amide bonds. The van der Waals surface area contributed by atoms with Gasteiger partial charge in [-0.25, -0.2) is 0 Å². The number of carbonyl (C=O) groups is 1. The summed E-state index contributed by atoms with van der Waals surface area (Å²) >= 11 is 1.31. The largest absolute Gasteiger partial charge is 0.497 e. The molecule has 0 aliphatic heterocycles. The van der Waals surface area contributed by atoms with Gasteiger partial charge in [0.25, 0.3) is 0 Å². The van der Waals surface area contributed by atoms with Crippen LogP contribution in [-0.4, -0.2) is 46.8 Å². The van der Waals surface area contributed by atoms with E-state index in [0.717, 1.165) is 16.8 Å². The Labute approximate surface area is 180 Å². The van der Waals surface area contributed by atoms with E-state index in [1.807, 2.05) is 47.9 Å². The van der Waals surface area contributed by atoms with E-state index in [1.54, 1.807) is 34.1 Å². The van der Waals surface area contributed by atoms with Crippen LogP contribution in [0, 0.1) is 6.92 Å². The first-order chi connectivity index (χ1) is 14.5. The van der Waals surface area contributed by atoms with E-state index in [2.05, 4.69) is 10.2 Å². The average molecular weight is 428 g/mol. The van der Waals surface area contributed by atoms with Crippen LogP contribution in [0.4, 0.5) is 0 Å². The van der Waals surface area contributed by atoms with Crippen molar-refractivity contribution in [2.24, 2.45) is 0 Å². The minimum absolute atomic E-state index is 0.286. The summed E-state index contributed by atoms with van der Waals surface area (Å²) in [6.45, 7) is 5.95. The van der Waals surface area contributed by atoms with E-state index in [0.29, 0.717) is 29.1 Å². The van der Waals surface area contributed by atoms with E-state index in [1.165, 1.54) is 11.8 Å². The number of carbonyl (C=O) groups excluding carboxylic acids is 1. The van der Waals surface area contributed by atoms with Crippen LogP contribution in [0.3, 0.4) is 0 Å². The van der Waals surface area contributed by atoms with Gasteiger partial charge >= 0.3 is 5.97 Å². The molecule has 2 aromatic carbocycles. The lowest BCUT2D eigenvalue weighted by atomic mass is 10.1. The molecule has 1 aromatic heterocycles. The maximum absolute atomic E-state index is 12.2. The predicted octanol–water partition coefficient (Wildman–Crippen LogP) is 4.30. The summed E-state index contributed by atoms with van der Waals surface area (Å²) < 4.78 is 17.9. The summed E-state index contributed by atoms with van der Waals surface area (Å²) in [4.78, 5) is 12.2. The maximum atomic E-state index is 12.2. The number of hydrogen-bond donors (Lipinski definition) is 0. The van der Waals surface area contributed by atoms with Gasteiger partial charge in [-0.05, 0) is 44.5 Å². The first-order valence-corrected chi connectivity index (χ1v) is 10.4. The molecular formula is C22H25N3O4S. The fourth-order valence-corrected chi connectivity index (χ4v) is 3.83. The van der Waals surface area contributed by atoms with E-state index in [9.17, 15) is 4.79 Å². The zero-order chi connectivity index (χ0) is 21.7. The van der Waals surface area contributed by atoms with Gasteiger partial charge in [-0.15, -0.1) is 10.2 Å². The highest BCUT2D eigenvalue weighted by Gasteiger charge is 2.23. The van der Waals surface area contributed by atoms with Crippen molar-refractivity contribution in [3.05, 3.63) is 48.0 Å². The molecule has 0 aliphatic rings. The Kier molecular flexibility index (Phi) is 6.99. The molecule has 7 nitrogen and oxygen atoms in total. The Morgan fingerprint density at radius 1 is 1.10 bits per heavy atom. The first kappa shape index (κ1) is 21.7. The molecule has 0 bridgehead atoms. The van der Waals surface area contributed by atoms with Gasteiger partial charge in [0.1, 0.15) is 16.7 Å². The number of para-hydroxylation sites is 1. The van der Waals surface area contributed by atoms with Gasteiger partial charge in [0.15, 0.2) is 11.0 Å². The summed E-state index contributed by atoms with van der Waals surface area (Å²) in [6.07, 6.45) is 0. The second-order valence-corrected chi connectivity index (χ2v) is 7.85. The molecular weight excluding hydrogens is 402 g/mol. The number of thioether (sulfide) groups is 1. The van der Waals surface area contributed by atoms with Gasteiger partial charge < -0.3 is 14.2 Å². The third kappa shape index (κ3) is 4.59. The zero-order valence-electron chi connectivity index (χ0n) is 17.7. The Balaban J connectivity index is 2.14. The summed E-state index contributed by atoms with van der Waals surface area (Å²) in [6, 6.07) is 13.5. The molecule has 3 rings (SSSR count). The quantitative estimate of drug-likeness (QED) is 0.392. The molecule has 30 heavy (non-hydrogen) atoms. The second-order valence-electron chi connectivity index (χ2n) is 6.54. The number of methoxy groups -OCH3 is 2. The molecule has 0 aliphatic carbocycles. The number of aryl methyl sites for hydroxylation is 1. The van der Waals surface area contributed by atoms with Crippen LogP contribution in [0.1, 0.15) is 19.4 Å². The lowest BCUT2D eigenvalue weighted by Gasteiger charge is -2.15. The fraction of sp³-hybridized carbons (Fsp3) is 0.318. The van der Waals surface area contributed by atoms with Crippen molar-refractivity contribution in [1.82, 2.24) is 14.8 Å². The Morgan fingerprint density at radius 3 is 2.37 bits per heavy atom. The lowest BCUT2D eigenvalue weighted by molar-refractivity contribution is -0.142. The van der Waals surface area contributed by atoms with Gasteiger partial charge in [0, 0.05) is 11.6 Å². The highest BCUT2D eigenvalue weighted by Crippen LogP contribution is 2.34. The van der Waals surface area contributed by atoms with Crippen molar-refractivity contribution in [2.45, 2.75) is 31.2 Å². The molecule has 1 unspecified atom stereocenters. The number of esters is 1. The zero-order valence-corrected chi connectivity index (χ0v) is 18.5. The Bertz CT molecular complexity index is 1010. The predicted molar refractivity (Wildman–Crippen MR) is 117 cm³/mol. The summed E-state index contributed by atoms with van der Waals surface area (Å²) in [5.74, 6) is 1.64. The van der Waals surface area contributed by atoms with Crippen molar-refractivity contribution in [3.8, 4) is 28.6 Å². The molecule has 0 radical (unpaired) electrons. The number of ether oxygens (including phenoxy) is 3. The van der Waals surface area contributed by atoms with Crippen molar-refractivity contribution in [1.29, 1.82) is 0 Å². The Morgan fingerprint density at radius 2 is 1.77 bits per heavy atom. The average Bonchev–Trinajstić information content (AvgIpc) is 3.17. The van der Waals surface area contributed by atoms with Crippen LogP contribution in [-0.2, 0) is 9.53 Å². The molecule has 0 saturated carbocycles. The fourth-order valence-electron chi connectivity index (χ4n) is 2.97. The van der Waals surface area contributed by atoms with Crippen molar-refractivity contribution in [3.63, 3.8) is 0 Å². The molecule has 0 N–H and O–H groups in total. The third-order valence-corrected chi connectivity index (χ3v) is 5.52.